The zero-order valence-electron chi connectivity index (χ0n) is 11.8. The standard InChI is InChI=1S/C15H22N2O2/c1-4-15(18)14(16)10-12-6-8-13(9-7-12)11(3)17-19-5-2/h6-9,14H,4-5,10,16H2,1-3H3/b17-11-. The molecule has 4 nitrogen and oxygen atoms in total. The van der Waals surface area contributed by atoms with Crippen LogP contribution in [0.4, 0.5) is 0 Å². The highest BCUT2D eigenvalue weighted by Gasteiger charge is 2.11. The van der Waals surface area contributed by atoms with Crippen molar-refractivity contribution in [1.82, 2.24) is 0 Å². The van der Waals surface area contributed by atoms with E-state index in [2.05, 4.69) is 5.16 Å². The molecule has 0 fully saturated rings. The molecule has 0 saturated carbocycles. The number of benzene rings is 1. The van der Waals surface area contributed by atoms with E-state index in [1.165, 1.54) is 0 Å². The van der Waals surface area contributed by atoms with Crippen LogP contribution in [0, 0.1) is 0 Å². The van der Waals surface area contributed by atoms with E-state index in [4.69, 9.17) is 10.6 Å². The van der Waals surface area contributed by atoms with Crippen LogP contribution < -0.4 is 5.73 Å². The minimum absolute atomic E-state index is 0.0955. The normalized spacial score (nSPS) is 13.2. The number of nitrogens with two attached hydrogens (primary N) is 1. The largest absolute Gasteiger partial charge is 0.396 e. The lowest BCUT2D eigenvalue weighted by molar-refractivity contribution is -0.119. The summed E-state index contributed by atoms with van der Waals surface area (Å²) in [7, 11) is 0. The summed E-state index contributed by atoms with van der Waals surface area (Å²) in [6, 6.07) is 7.48. The highest BCUT2D eigenvalue weighted by Crippen LogP contribution is 2.09. The Bertz CT molecular complexity index is 438. The molecule has 1 aromatic rings. The Labute approximate surface area is 114 Å². The fourth-order valence-electron chi connectivity index (χ4n) is 1.73. The minimum atomic E-state index is -0.408. The Balaban J connectivity index is 2.69. The molecule has 0 aliphatic rings. The molecule has 0 aliphatic carbocycles. The maximum atomic E-state index is 11.4. The van der Waals surface area contributed by atoms with Crippen LogP contribution in [0.1, 0.15) is 38.3 Å². The van der Waals surface area contributed by atoms with Gasteiger partial charge in [0.25, 0.3) is 0 Å². The summed E-state index contributed by atoms with van der Waals surface area (Å²) in [6.45, 7) is 6.19. The van der Waals surface area contributed by atoms with Gasteiger partial charge in [-0.25, -0.2) is 0 Å². The second-order valence-corrected chi connectivity index (χ2v) is 4.42. The van der Waals surface area contributed by atoms with Crippen LogP contribution in [0.3, 0.4) is 0 Å². The molecule has 0 spiro atoms. The Morgan fingerprint density at radius 1 is 1.32 bits per heavy atom. The van der Waals surface area contributed by atoms with Crippen LogP contribution in [0.2, 0.25) is 0 Å². The first kappa shape index (κ1) is 15.4. The highest BCUT2D eigenvalue weighted by atomic mass is 16.6. The summed E-state index contributed by atoms with van der Waals surface area (Å²) in [5, 5.41) is 3.98. The van der Waals surface area contributed by atoms with E-state index in [1.54, 1.807) is 0 Å². The lowest BCUT2D eigenvalue weighted by Gasteiger charge is -2.09. The van der Waals surface area contributed by atoms with Gasteiger partial charge in [0.2, 0.25) is 0 Å². The molecule has 1 rings (SSSR count). The van der Waals surface area contributed by atoms with Crippen LogP contribution in [-0.4, -0.2) is 24.1 Å². The van der Waals surface area contributed by atoms with Gasteiger partial charge in [-0.2, -0.15) is 0 Å². The Hall–Kier alpha value is -1.68. The molecule has 0 heterocycles. The minimum Gasteiger partial charge on any atom is -0.396 e. The first-order valence-electron chi connectivity index (χ1n) is 6.62. The van der Waals surface area contributed by atoms with Gasteiger partial charge in [-0.05, 0) is 31.4 Å². The molecule has 1 aromatic carbocycles. The van der Waals surface area contributed by atoms with Crippen molar-refractivity contribution in [2.24, 2.45) is 10.9 Å². The average molecular weight is 262 g/mol. The molecule has 1 unspecified atom stereocenters. The van der Waals surface area contributed by atoms with Crippen molar-refractivity contribution in [3.8, 4) is 0 Å². The number of rotatable bonds is 7. The monoisotopic (exact) mass is 262 g/mol. The molecule has 0 aromatic heterocycles. The molecule has 0 amide bonds. The molecule has 0 aliphatic heterocycles. The van der Waals surface area contributed by atoms with Crippen molar-refractivity contribution >= 4 is 11.5 Å². The van der Waals surface area contributed by atoms with E-state index in [0.717, 1.165) is 16.8 Å². The van der Waals surface area contributed by atoms with E-state index in [0.29, 0.717) is 19.4 Å². The number of carbonyl (C=O) groups is 1. The lowest BCUT2D eigenvalue weighted by atomic mass is 10.00. The maximum absolute atomic E-state index is 11.4. The van der Waals surface area contributed by atoms with E-state index in [9.17, 15) is 4.79 Å². The summed E-state index contributed by atoms with van der Waals surface area (Å²) < 4.78 is 0. The Kier molecular flexibility index (Phi) is 6.22. The molecule has 4 heteroatoms. The second-order valence-electron chi connectivity index (χ2n) is 4.42. The summed E-state index contributed by atoms with van der Waals surface area (Å²) in [5.41, 5.74) is 8.73. The predicted molar refractivity (Wildman–Crippen MR) is 77.3 cm³/mol. The fourth-order valence-corrected chi connectivity index (χ4v) is 1.73. The van der Waals surface area contributed by atoms with Gasteiger partial charge in [-0.1, -0.05) is 36.3 Å². The molecular weight excluding hydrogens is 240 g/mol. The average Bonchev–Trinajstić information content (AvgIpc) is 2.44. The SMILES string of the molecule is CCO/N=C(/C)c1ccc(CC(N)C(=O)CC)cc1. The van der Waals surface area contributed by atoms with E-state index in [-0.39, 0.29) is 5.78 Å². The number of Topliss-reactive ketones (excluding diaryl/α,β-unsaturated/α-hetero) is 1. The number of hydrogen-bond acceptors (Lipinski definition) is 4. The fraction of sp³-hybridized carbons (Fsp3) is 0.467. The molecular formula is C15H22N2O2. The number of carbonyl (C=O) groups excluding carboxylic acids is 1. The molecule has 0 saturated heterocycles. The molecule has 0 bridgehead atoms. The molecule has 1 atom stereocenters. The number of hydrogen-bond donors (Lipinski definition) is 1. The van der Waals surface area contributed by atoms with Gasteiger partial charge in [-0.3, -0.25) is 4.79 Å². The first-order valence-corrected chi connectivity index (χ1v) is 6.62. The Morgan fingerprint density at radius 2 is 1.95 bits per heavy atom. The van der Waals surface area contributed by atoms with Crippen molar-refractivity contribution in [3.63, 3.8) is 0 Å². The van der Waals surface area contributed by atoms with Gasteiger partial charge >= 0.3 is 0 Å². The molecule has 19 heavy (non-hydrogen) atoms. The zero-order chi connectivity index (χ0) is 14.3. The van der Waals surface area contributed by atoms with Crippen molar-refractivity contribution in [3.05, 3.63) is 35.4 Å². The zero-order valence-corrected chi connectivity index (χ0v) is 11.8. The third-order valence-corrected chi connectivity index (χ3v) is 2.92. The van der Waals surface area contributed by atoms with Crippen LogP contribution in [0.15, 0.2) is 29.4 Å². The topological polar surface area (TPSA) is 64.7 Å². The maximum Gasteiger partial charge on any atom is 0.149 e. The first-order chi connectivity index (χ1) is 9.08. The van der Waals surface area contributed by atoms with E-state index < -0.39 is 6.04 Å². The lowest BCUT2D eigenvalue weighted by Crippen LogP contribution is -2.32. The number of oxime groups is 1. The van der Waals surface area contributed by atoms with Gasteiger partial charge < -0.3 is 10.6 Å². The van der Waals surface area contributed by atoms with Crippen molar-refractivity contribution in [2.75, 3.05) is 6.61 Å². The Morgan fingerprint density at radius 3 is 2.47 bits per heavy atom. The summed E-state index contributed by atoms with van der Waals surface area (Å²) in [4.78, 5) is 16.5. The third kappa shape index (κ3) is 4.83. The molecule has 104 valence electrons. The predicted octanol–water partition coefficient (Wildman–Crippen LogP) is 2.30. The van der Waals surface area contributed by atoms with Crippen LogP contribution in [0.25, 0.3) is 0 Å². The van der Waals surface area contributed by atoms with Crippen LogP contribution in [-0.2, 0) is 16.1 Å². The van der Waals surface area contributed by atoms with Gasteiger partial charge in [-0.15, -0.1) is 0 Å². The quantitative estimate of drug-likeness (QED) is 0.605. The van der Waals surface area contributed by atoms with Gasteiger partial charge in [0, 0.05) is 6.42 Å². The number of ketones is 1. The third-order valence-electron chi connectivity index (χ3n) is 2.92. The summed E-state index contributed by atoms with van der Waals surface area (Å²) in [5.74, 6) is 0.0955. The molecule has 2 N–H and O–H groups in total. The smallest absolute Gasteiger partial charge is 0.149 e. The van der Waals surface area contributed by atoms with Gasteiger partial charge in [0.05, 0.1) is 11.8 Å². The van der Waals surface area contributed by atoms with E-state index in [1.807, 2.05) is 45.0 Å². The van der Waals surface area contributed by atoms with Crippen LogP contribution in [0.5, 0.6) is 0 Å². The van der Waals surface area contributed by atoms with Crippen molar-refractivity contribution in [1.29, 1.82) is 0 Å². The van der Waals surface area contributed by atoms with Crippen LogP contribution >= 0.6 is 0 Å². The van der Waals surface area contributed by atoms with Crippen molar-refractivity contribution in [2.45, 2.75) is 39.7 Å². The van der Waals surface area contributed by atoms with Crippen molar-refractivity contribution < 1.29 is 9.63 Å². The summed E-state index contributed by atoms with van der Waals surface area (Å²) in [6.07, 6.45) is 1.06. The second kappa shape index (κ2) is 7.69. The van der Waals surface area contributed by atoms with Gasteiger partial charge in [0.1, 0.15) is 12.4 Å². The van der Waals surface area contributed by atoms with Gasteiger partial charge in [0.15, 0.2) is 0 Å². The highest BCUT2D eigenvalue weighted by molar-refractivity contribution is 5.98. The summed E-state index contributed by atoms with van der Waals surface area (Å²) >= 11 is 0. The van der Waals surface area contributed by atoms with E-state index >= 15 is 0 Å². The number of nitrogens with zero attached hydrogens (tertiary/aromatic N) is 1. The molecule has 0 radical (unpaired) electrons.